The van der Waals surface area contributed by atoms with E-state index in [1.807, 2.05) is 25.1 Å². The van der Waals surface area contributed by atoms with E-state index in [-0.39, 0.29) is 0 Å². The van der Waals surface area contributed by atoms with Crippen LogP contribution in [0.15, 0.2) is 72.8 Å². The molecule has 0 radical (unpaired) electrons. The average Bonchev–Trinajstić information content (AvgIpc) is 3.17. The number of rotatable bonds is 3. The number of aromatic amines is 1. The van der Waals surface area contributed by atoms with Crippen LogP contribution in [0, 0.1) is 0 Å². The van der Waals surface area contributed by atoms with Gasteiger partial charge in [-0.25, -0.2) is 4.98 Å². The molecule has 5 aromatic carbocycles. The number of benzene rings is 5. The van der Waals surface area contributed by atoms with Crippen molar-refractivity contribution in [1.82, 2.24) is 9.97 Å². The van der Waals surface area contributed by atoms with Crippen molar-refractivity contribution in [2.75, 3.05) is 6.61 Å². The maximum absolute atomic E-state index is 6.18. The van der Waals surface area contributed by atoms with Gasteiger partial charge in [-0.1, -0.05) is 48.5 Å². The topological polar surface area (TPSA) is 37.9 Å². The zero-order valence-corrected chi connectivity index (χ0v) is 15.5. The highest BCUT2D eigenvalue weighted by molar-refractivity contribution is 6.25. The Bertz CT molecular complexity index is 1430. The van der Waals surface area contributed by atoms with E-state index in [4.69, 9.17) is 9.72 Å². The second-order valence-electron chi connectivity index (χ2n) is 7.14. The van der Waals surface area contributed by atoms with Crippen LogP contribution in [-0.2, 0) is 0 Å². The predicted molar refractivity (Wildman–Crippen MR) is 116 cm³/mol. The van der Waals surface area contributed by atoms with Crippen LogP contribution in [0.1, 0.15) is 6.92 Å². The van der Waals surface area contributed by atoms with Gasteiger partial charge >= 0.3 is 0 Å². The van der Waals surface area contributed by atoms with Gasteiger partial charge in [-0.05, 0) is 52.7 Å². The highest BCUT2D eigenvalue weighted by Gasteiger charge is 2.18. The lowest BCUT2D eigenvalue weighted by molar-refractivity contribution is 0.345. The van der Waals surface area contributed by atoms with Crippen molar-refractivity contribution in [2.24, 2.45) is 0 Å². The van der Waals surface area contributed by atoms with Gasteiger partial charge in [0.2, 0.25) is 0 Å². The SMILES string of the molecule is CCOc1c(-c2nc3ccccc3[nH]2)cc2ccc3cccc4ccc1c2c34. The van der Waals surface area contributed by atoms with Crippen LogP contribution in [0.2, 0.25) is 0 Å². The zero-order valence-electron chi connectivity index (χ0n) is 15.5. The molecule has 0 fully saturated rings. The van der Waals surface area contributed by atoms with Gasteiger partial charge in [0, 0.05) is 10.8 Å². The minimum absolute atomic E-state index is 0.608. The van der Waals surface area contributed by atoms with Gasteiger partial charge in [0.05, 0.1) is 23.2 Å². The van der Waals surface area contributed by atoms with E-state index in [2.05, 4.69) is 59.6 Å². The first-order chi connectivity index (χ1) is 13.8. The molecule has 1 heterocycles. The van der Waals surface area contributed by atoms with Crippen LogP contribution >= 0.6 is 0 Å². The summed E-state index contributed by atoms with van der Waals surface area (Å²) >= 11 is 0. The van der Waals surface area contributed by atoms with E-state index in [1.54, 1.807) is 0 Å². The smallest absolute Gasteiger partial charge is 0.142 e. The average molecular weight is 362 g/mol. The molecule has 0 spiro atoms. The number of hydrogen-bond acceptors (Lipinski definition) is 2. The lowest BCUT2D eigenvalue weighted by atomic mass is 9.92. The van der Waals surface area contributed by atoms with Gasteiger partial charge < -0.3 is 9.72 Å². The zero-order chi connectivity index (χ0) is 18.7. The van der Waals surface area contributed by atoms with E-state index in [1.165, 1.54) is 26.9 Å². The number of fused-ring (bicyclic) bond motifs is 1. The lowest BCUT2D eigenvalue weighted by Crippen LogP contribution is -1.97. The number of aromatic nitrogens is 2. The van der Waals surface area contributed by atoms with Gasteiger partial charge in [-0.2, -0.15) is 0 Å². The van der Waals surface area contributed by atoms with Crippen molar-refractivity contribution in [3.05, 3.63) is 72.8 Å². The Hall–Kier alpha value is -3.59. The summed E-state index contributed by atoms with van der Waals surface area (Å²) in [6.07, 6.45) is 0. The highest BCUT2D eigenvalue weighted by Crippen LogP contribution is 2.43. The molecule has 28 heavy (non-hydrogen) atoms. The molecule has 3 nitrogen and oxygen atoms in total. The third-order valence-corrected chi connectivity index (χ3v) is 5.53. The van der Waals surface area contributed by atoms with Crippen molar-refractivity contribution < 1.29 is 4.74 Å². The van der Waals surface area contributed by atoms with Gasteiger partial charge in [0.25, 0.3) is 0 Å². The molecule has 0 aliphatic rings. The van der Waals surface area contributed by atoms with E-state index < -0.39 is 0 Å². The van der Waals surface area contributed by atoms with Gasteiger partial charge in [0.15, 0.2) is 0 Å². The van der Waals surface area contributed by atoms with E-state index in [0.717, 1.165) is 33.6 Å². The van der Waals surface area contributed by atoms with Crippen molar-refractivity contribution in [3.63, 3.8) is 0 Å². The number of imidazole rings is 1. The molecule has 0 unspecified atom stereocenters. The fourth-order valence-corrected chi connectivity index (χ4v) is 4.34. The molecule has 1 aromatic heterocycles. The summed E-state index contributed by atoms with van der Waals surface area (Å²) in [7, 11) is 0. The van der Waals surface area contributed by atoms with Crippen LogP contribution in [0.4, 0.5) is 0 Å². The van der Waals surface area contributed by atoms with Crippen molar-refractivity contribution in [1.29, 1.82) is 0 Å². The summed E-state index contributed by atoms with van der Waals surface area (Å²) in [6, 6.07) is 25.6. The normalized spacial score (nSPS) is 11.9. The largest absolute Gasteiger partial charge is 0.492 e. The molecular weight excluding hydrogens is 344 g/mol. The minimum Gasteiger partial charge on any atom is -0.492 e. The minimum atomic E-state index is 0.608. The second-order valence-corrected chi connectivity index (χ2v) is 7.14. The molecule has 0 amide bonds. The molecule has 134 valence electrons. The summed E-state index contributed by atoms with van der Waals surface area (Å²) in [5.41, 5.74) is 3.00. The first-order valence-corrected chi connectivity index (χ1v) is 9.62. The highest BCUT2D eigenvalue weighted by atomic mass is 16.5. The third-order valence-electron chi connectivity index (χ3n) is 5.53. The van der Waals surface area contributed by atoms with Crippen LogP contribution in [0.25, 0.3) is 54.7 Å². The fourth-order valence-electron chi connectivity index (χ4n) is 4.34. The molecule has 3 heteroatoms. The lowest BCUT2D eigenvalue weighted by Gasteiger charge is -2.17. The van der Waals surface area contributed by atoms with E-state index in [9.17, 15) is 0 Å². The Morgan fingerprint density at radius 3 is 2.43 bits per heavy atom. The second kappa shape index (κ2) is 5.70. The number of hydrogen-bond donors (Lipinski definition) is 1. The van der Waals surface area contributed by atoms with Crippen LogP contribution in [-0.4, -0.2) is 16.6 Å². The molecule has 0 saturated heterocycles. The Balaban J connectivity index is 1.76. The number of H-pyrrole nitrogens is 1. The summed E-state index contributed by atoms with van der Waals surface area (Å²) in [4.78, 5) is 8.29. The van der Waals surface area contributed by atoms with Crippen molar-refractivity contribution in [3.8, 4) is 17.1 Å². The molecule has 6 aromatic rings. The molecule has 0 aliphatic carbocycles. The predicted octanol–water partition coefficient (Wildman–Crippen LogP) is 6.53. The summed E-state index contributed by atoms with van der Waals surface area (Å²) in [6.45, 7) is 2.64. The first kappa shape index (κ1) is 15.5. The molecular formula is C25H18N2O. The summed E-state index contributed by atoms with van der Waals surface area (Å²) in [5.74, 6) is 1.74. The van der Waals surface area contributed by atoms with Crippen LogP contribution < -0.4 is 4.74 Å². The number of nitrogens with one attached hydrogen (secondary N) is 1. The van der Waals surface area contributed by atoms with Crippen molar-refractivity contribution in [2.45, 2.75) is 6.92 Å². The Morgan fingerprint density at radius 1 is 0.821 bits per heavy atom. The molecule has 0 atom stereocenters. The molecule has 0 bridgehead atoms. The quantitative estimate of drug-likeness (QED) is 0.364. The molecule has 1 N–H and O–H groups in total. The van der Waals surface area contributed by atoms with Gasteiger partial charge in [-0.15, -0.1) is 0 Å². The Labute approximate surface area is 161 Å². The Kier molecular flexibility index (Phi) is 3.15. The van der Waals surface area contributed by atoms with Crippen molar-refractivity contribution >= 4 is 43.4 Å². The maximum atomic E-state index is 6.18. The molecule has 6 rings (SSSR count). The maximum Gasteiger partial charge on any atom is 0.142 e. The van der Waals surface area contributed by atoms with Crippen LogP contribution in [0.5, 0.6) is 5.75 Å². The third kappa shape index (κ3) is 2.07. The standard InChI is InChI=1S/C25H18N2O/c1-2-28-24-18-13-12-16-7-5-6-15-10-11-17(23(18)22(15)16)14-19(24)25-26-20-8-3-4-9-21(20)27-25/h3-14H,2H2,1H3,(H,26,27). The number of para-hydroxylation sites is 2. The van der Waals surface area contributed by atoms with Crippen LogP contribution in [0.3, 0.4) is 0 Å². The Morgan fingerprint density at radius 2 is 1.61 bits per heavy atom. The van der Waals surface area contributed by atoms with E-state index in [0.29, 0.717) is 6.61 Å². The van der Waals surface area contributed by atoms with Gasteiger partial charge in [0.1, 0.15) is 11.6 Å². The number of ether oxygens (including phenoxy) is 1. The summed E-state index contributed by atoms with van der Waals surface area (Å²) in [5, 5.41) is 7.43. The van der Waals surface area contributed by atoms with Gasteiger partial charge in [-0.3, -0.25) is 0 Å². The van der Waals surface area contributed by atoms with E-state index >= 15 is 0 Å². The fraction of sp³-hybridized carbons (Fsp3) is 0.0800. The summed E-state index contributed by atoms with van der Waals surface area (Å²) < 4.78 is 6.18. The number of nitrogens with zero attached hydrogens (tertiary/aromatic N) is 1. The molecule has 0 saturated carbocycles. The first-order valence-electron chi connectivity index (χ1n) is 9.62. The monoisotopic (exact) mass is 362 g/mol. The molecule has 0 aliphatic heterocycles.